The highest BCUT2D eigenvalue weighted by Crippen LogP contribution is 2.13. The van der Waals surface area contributed by atoms with E-state index in [-0.39, 0.29) is 10.8 Å². The molecule has 0 atom stereocenters. The smallest absolute Gasteiger partial charge is 0.276 e. The molecule has 1 rings (SSSR count). The highest BCUT2D eigenvalue weighted by molar-refractivity contribution is 6.00. The fourth-order valence-electron chi connectivity index (χ4n) is 0.876. The zero-order valence-electron chi connectivity index (χ0n) is 7.53. The Bertz CT molecular complexity index is 340. The molecule has 0 bridgehead atoms. The average molecular weight is 196 g/mol. The van der Waals surface area contributed by atoms with Crippen molar-refractivity contribution in [2.24, 2.45) is 0 Å². The molecule has 0 saturated carbocycles. The number of urea groups is 1. The fraction of sp³-hybridized carbons (Fsp3) is 0.111. The molecule has 0 aliphatic carbocycles. The predicted molar refractivity (Wildman–Crippen MR) is 49.2 cm³/mol. The zero-order chi connectivity index (χ0) is 10.6. The topological polar surface area (TPSA) is 49.4 Å². The van der Waals surface area contributed by atoms with E-state index in [0.717, 1.165) is 6.92 Å². The van der Waals surface area contributed by atoms with Gasteiger partial charge in [0.05, 0.1) is 5.69 Å². The van der Waals surface area contributed by atoms with Crippen molar-refractivity contribution in [2.45, 2.75) is 6.92 Å². The van der Waals surface area contributed by atoms with Gasteiger partial charge in [-0.3, -0.25) is 10.1 Å². The number of nitrogens with zero attached hydrogens (tertiary/aromatic N) is 1. The number of carbonyl (C=O) groups excluding carboxylic acids is 2. The highest BCUT2D eigenvalue weighted by Gasteiger charge is 2.15. The maximum atomic E-state index is 13.2. The summed E-state index contributed by atoms with van der Waals surface area (Å²) in [7, 11) is 0. The molecular formula is C9H9FN2O2. The zero-order valence-corrected chi connectivity index (χ0v) is 7.53. The Kier molecular flexibility index (Phi) is 3.17. The lowest BCUT2D eigenvalue weighted by atomic mass is 10.3. The average Bonchev–Trinajstić information content (AvgIpc) is 2.17. The summed E-state index contributed by atoms with van der Waals surface area (Å²) in [4.78, 5) is 21.4. The van der Waals surface area contributed by atoms with Crippen molar-refractivity contribution in [3.63, 3.8) is 0 Å². The number of imide groups is 1. The monoisotopic (exact) mass is 196 g/mol. The molecule has 0 aliphatic rings. The molecule has 74 valence electrons. The molecule has 4 nitrogen and oxygen atoms in total. The summed E-state index contributed by atoms with van der Waals surface area (Å²) in [6.45, 7) is 1.14. The number of halogens is 1. The first-order valence-electron chi connectivity index (χ1n) is 3.94. The van der Waals surface area contributed by atoms with Crippen LogP contribution in [0.25, 0.3) is 0 Å². The first-order chi connectivity index (χ1) is 6.61. The van der Waals surface area contributed by atoms with Crippen molar-refractivity contribution in [3.05, 3.63) is 30.3 Å². The van der Waals surface area contributed by atoms with Crippen molar-refractivity contribution in [3.8, 4) is 0 Å². The number of hydrogen-bond acceptors (Lipinski definition) is 2. The second kappa shape index (κ2) is 4.36. The molecule has 3 amide bonds. The molecule has 1 N–H and O–H groups in total. The van der Waals surface area contributed by atoms with Crippen LogP contribution in [0.15, 0.2) is 30.3 Å². The minimum atomic E-state index is -1.09. The van der Waals surface area contributed by atoms with E-state index in [4.69, 9.17) is 0 Å². The number of nitrogens with one attached hydrogen (secondary N) is 1. The number of hydrogen-bond donors (Lipinski definition) is 1. The second-order valence-electron chi connectivity index (χ2n) is 2.60. The summed E-state index contributed by atoms with van der Waals surface area (Å²) in [6.07, 6.45) is 0. The van der Waals surface area contributed by atoms with Gasteiger partial charge in [-0.2, -0.15) is 0 Å². The highest BCUT2D eigenvalue weighted by atomic mass is 19.2. The second-order valence-corrected chi connectivity index (χ2v) is 2.60. The molecule has 0 unspecified atom stereocenters. The number of benzene rings is 1. The molecule has 1 aromatic rings. The normalized spacial score (nSPS) is 9.29. The van der Waals surface area contributed by atoms with Gasteiger partial charge in [0.2, 0.25) is 5.91 Å². The molecule has 1 aromatic carbocycles. The van der Waals surface area contributed by atoms with E-state index in [1.165, 1.54) is 12.1 Å². The Balaban J connectivity index is 2.71. The molecule has 0 aliphatic heterocycles. The van der Waals surface area contributed by atoms with Crippen molar-refractivity contribution in [1.82, 2.24) is 5.32 Å². The standard InChI is InChI=1S/C9H9FN2O2/c1-7(13)11-9(14)12(10)8-5-3-2-4-6-8/h2-6H,1H3,(H,11,13,14). The molecule has 0 fully saturated rings. The van der Waals surface area contributed by atoms with Crippen LogP contribution < -0.4 is 10.4 Å². The minimum absolute atomic E-state index is 0.0752. The van der Waals surface area contributed by atoms with Crippen molar-refractivity contribution >= 4 is 17.6 Å². The van der Waals surface area contributed by atoms with E-state index in [9.17, 15) is 14.1 Å². The van der Waals surface area contributed by atoms with Crippen molar-refractivity contribution < 1.29 is 14.1 Å². The summed E-state index contributed by atoms with van der Waals surface area (Å²) < 4.78 is 13.2. The summed E-state index contributed by atoms with van der Waals surface area (Å²) in [6, 6.07) is 6.61. The fourth-order valence-corrected chi connectivity index (χ4v) is 0.876. The minimum Gasteiger partial charge on any atom is -0.276 e. The van der Waals surface area contributed by atoms with Crippen LogP contribution in [0.3, 0.4) is 0 Å². The largest absolute Gasteiger partial charge is 0.356 e. The Labute approximate surface area is 80.3 Å². The quantitative estimate of drug-likeness (QED) is 0.694. The summed E-state index contributed by atoms with van der Waals surface area (Å²) in [5.41, 5.74) is 0.0752. The van der Waals surface area contributed by atoms with E-state index in [1.54, 1.807) is 18.2 Å². The van der Waals surface area contributed by atoms with Gasteiger partial charge in [0.1, 0.15) is 0 Å². The van der Waals surface area contributed by atoms with E-state index in [1.807, 2.05) is 5.32 Å². The molecule has 0 heterocycles. The lowest BCUT2D eigenvalue weighted by Crippen LogP contribution is -2.37. The van der Waals surface area contributed by atoms with Gasteiger partial charge in [-0.1, -0.05) is 22.7 Å². The number of carbonyl (C=O) groups is 2. The molecule has 5 heteroatoms. The van der Waals surface area contributed by atoms with E-state index < -0.39 is 11.9 Å². The summed E-state index contributed by atoms with van der Waals surface area (Å²) >= 11 is 0. The Morgan fingerprint density at radius 2 is 1.86 bits per heavy atom. The van der Waals surface area contributed by atoms with Crippen LogP contribution in [0.5, 0.6) is 0 Å². The van der Waals surface area contributed by atoms with Crippen LogP contribution in [0.1, 0.15) is 6.92 Å². The molecular weight excluding hydrogens is 187 g/mol. The predicted octanol–water partition coefficient (Wildman–Crippen LogP) is 1.63. The summed E-state index contributed by atoms with van der Waals surface area (Å²) in [5.74, 6) is -0.603. The van der Waals surface area contributed by atoms with Crippen molar-refractivity contribution in [1.29, 1.82) is 0 Å². The lowest BCUT2D eigenvalue weighted by Gasteiger charge is -2.10. The molecule has 0 saturated heterocycles. The Morgan fingerprint density at radius 3 is 2.36 bits per heavy atom. The van der Waals surface area contributed by atoms with Crippen LogP contribution in [0.4, 0.5) is 15.0 Å². The maximum absolute atomic E-state index is 13.2. The Hall–Kier alpha value is -1.91. The molecule has 0 spiro atoms. The third-order valence-electron chi connectivity index (χ3n) is 1.44. The number of rotatable bonds is 1. The van der Waals surface area contributed by atoms with Gasteiger partial charge in [0.25, 0.3) is 0 Å². The number of amides is 3. The van der Waals surface area contributed by atoms with Gasteiger partial charge < -0.3 is 0 Å². The lowest BCUT2D eigenvalue weighted by molar-refractivity contribution is -0.117. The third-order valence-corrected chi connectivity index (χ3v) is 1.44. The molecule has 0 radical (unpaired) electrons. The van der Waals surface area contributed by atoms with Gasteiger partial charge in [-0.05, 0) is 12.1 Å². The van der Waals surface area contributed by atoms with E-state index in [2.05, 4.69) is 0 Å². The van der Waals surface area contributed by atoms with Crippen LogP contribution in [-0.2, 0) is 4.79 Å². The molecule has 14 heavy (non-hydrogen) atoms. The Morgan fingerprint density at radius 1 is 1.29 bits per heavy atom. The van der Waals surface area contributed by atoms with Gasteiger partial charge in [-0.15, -0.1) is 5.12 Å². The maximum Gasteiger partial charge on any atom is 0.356 e. The van der Waals surface area contributed by atoms with E-state index in [0.29, 0.717) is 0 Å². The van der Waals surface area contributed by atoms with Gasteiger partial charge >= 0.3 is 6.03 Å². The van der Waals surface area contributed by atoms with Crippen LogP contribution in [0.2, 0.25) is 0 Å². The van der Waals surface area contributed by atoms with Crippen LogP contribution in [-0.4, -0.2) is 11.9 Å². The first-order valence-corrected chi connectivity index (χ1v) is 3.94. The van der Waals surface area contributed by atoms with Crippen molar-refractivity contribution in [2.75, 3.05) is 5.12 Å². The van der Waals surface area contributed by atoms with Gasteiger partial charge in [-0.25, -0.2) is 4.79 Å². The number of para-hydroxylation sites is 1. The van der Waals surface area contributed by atoms with Crippen LogP contribution >= 0.6 is 0 Å². The first kappa shape index (κ1) is 10.2. The van der Waals surface area contributed by atoms with E-state index >= 15 is 0 Å². The van der Waals surface area contributed by atoms with Gasteiger partial charge in [0, 0.05) is 6.92 Å². The SMILES string of the molecule is CC(=O)NC(=O)N(F)c1ccccc1. The third kappa shape index (κ3) is 2.55. The summed E-state index contributed by atoms with van der Waals surface area (Å²) in [5, 5.41) is 1.69. The van der Waals surface area contributed by atoms with Crippen LogP contribution in [0, 0.1) is 0 Å². The molecule has 0 aromatic heterocycles. The van der Waals surface area contributed by atoms with Gasteiger partial charge in [0.15, 0.2) is 0 Å². The number of anilines is 1.